The van der Waals surface area contributed by atoms with Crippen molar-refractivity contribution in [3.8, 4) is 5.75 Å². The molecule has 0 aliphatic heterocycles. The van der Waals surface area contributed by atoms with Crippen LogP contribution in [-0.4, -0.2) is 42.4 Å². The number of nitrogens with zero attached hydrogens (tertiary/aromatic N) is 1. The molecule has 1 rings (SSSR count). The molecule has 1 aromatic rings. The number of benzene rings is 1. The number of aryl methyl sites for hydroxylation is 1. The van der Waals surface area contributed by atoms with Gasteiger partial charge in [-0.25, -0.2) is 0 Å². The molecule has 0 spiro atoms. The summed E-state index contributed by atoms with van der Waals surface area (Å²) in [5.41, 5.74) is 2.08. The van der Waals surface area contributed by atoms with Gasteiger partial charge in [0.15, 0.2) is 0 Å². The maximum absolute atomic E-state index is 10.1. The number of aliphatic hydroxyl groups excluding tert-OH is 1. The van der Waals surface area contributed by atoms with Crippen molar-refractivity contribution in [3.63, 3.8) is 0 Å². The molecular weight excluding hydrogens is 286 g/mol. The highest BCUT2D eigenvalue weighted by Crippen LogP contribution is 2.32. The molecule has 3 nitrogen and oxygen atoms in total. The van der Waals surface area contributed by atoms with E-state index in [0.717, 1.165) is 35.0 Å². The van der Waals surface area contributed by atoms with Gasteiger partial charge in [0, 0.05) is 11.6 Å². The van der Waals surface area contributed by atoms with Gasteiger partial charge in [0.2, 0.25) is 0 Å². The van der Waals surface area contributed by atoms with Crippen LogP contribution in [0.4, 0.5) is 0 Å². The quantitative estimate of drug-likeness (QED) is 0.791. The fourth-order valence-electron chi connectivity index (χ4n) is 2.27. The number of hydrogen-bond donors (Lipinski definition) is 1. The minimum atomic E-state index is -0.485. The molecule has 0 saturated heterocycles. The molecule has 0 bridgehead atoms. The van der Waals surface area contributed by atoms with E-state index in [1.165, 1.54) is 0 Å². The zero-order chi connectivity index (χ0) is 16.0. The molecule has 0 aliphatic carbocycles. The van der Waals surface area contributed by atoms with Gasteiger partial charge in [0.1, 0.15) is 18.5 Å². The Morgan fingerprint density at radius 2 is 1.86 bits per heavy atom. The van der Waals surface area contributed by atoms with Crippen LogP contribution < -0.4 is 4.74 Å². The van der Waals surface area contributed by atoms with E-state index in [1.54, 1.807) is 0 Å². The van der Waals surface area contributed by atoms with Crippen molar-refractivity contribution < 1.29 is 9.84 Å². The second-order valence-electron chi connectivity index (χ2n) is 5.74. The highest BCUT2D eigenvalue weighted by atomic mass is 35.5. The zero-order valence-corrected chi connectivity index (χ0v) is 14.6. The molecule has 0 radical (unpaired) electrons. The van der Waals surface area contributed by atoms with Crippen LogP contribution in [0.1, 0.15) is 44.7 Å². The smallest absolute Gasteiger partial charge is 0.123 e. The van der Waals surface area contributed by atoms with Gasteiger partial charge in [0.25, 0.3) is 0 Å². The van der Waals surface area contributed by atoms with Crippen molar-refractivity contribution in [3.05, 3.63) is 28.3 Å². The first-order chi connectivity index (χ1) is 9.88. The topological polar surface area (TPSA) is 32.7 Å². The van der Waals surface area contributed by atoms with Crippen molar-refractivity contribution in [2.75, 3.05) is 26.2 Å². The molecule has 1 aromatic carbocycles. The van der Waals surface area contributed by atoms with Crippen LogP contribution in [0.25, 0.3) is 0 Å². The molecule has 0 fully saturated rings. The van der Waals surface area contributed by atoms with Crippen molar-refractivity contribution >= 4 is 11.6 Å². The summed E-state index contributed by atoms with van der Waals surface area (Å²) in [7, 11) is 0. The molecule has 0 saturated carbocycles. The first-order valence-corrected chi connectivity index (χ1v) is 8.10. The fraction of sp³-hybridized carbons (Fsp3) is 0.647. The zero-order valence-electron chi connectivity index (χ0n) is 13.8. The average molecular weight is 314 g/mol. The maximum atomic E-state index is 10.1. The second-order valence-corrected chi connectivity index (χ2v) is 6.15. The van der Waals surface area contributed by atoms with Crippen LogP contribution in [0.5, 0.6) is 5.75 Å². The summed E-state index contributed by atoms with van der Waals surface area (Å²) in [5.74, 6) is 1.16. The molecular formula is C17H28ClNO2. The third-order valence-electron chi connectivity index (χ3n) is 3.71. The number of halogens is 1. The minimum absolute atomic E-state index is 0.303. The first-order valence-electron chi connectivity index (χ1n) is 7.72. The lowest BCUT2D eigenvalue weighted by Gasteiger charge is -2.23. The molecule has 120 valence electrons. The number of likely N-dealkylation sites (N-methyl/N-ethyl adjacent to an activating group) is 1. The largest absolute Gasteiger partial charge is 0.491 e. The Morgan fingerprint density at radius 3 is 2.38 bits per heavy atom. The summed E-state index contributed by atoms with van der Waals surface area (Å²) < 4.78 is 5.85. The summed E-state index contributed by atoms with van der Waals surface area (Å²) in [5, 5.41) is 10.9. The minimum Gasteiger partial charge on any atom is -0.491 e. The van der Waals surface area contributed by atoms with Gasteiger partial charge < -0.3 is 14.7 Å². The third-order valence-corrected chi connectivity index (χ3v) is 4.11. The van der Waals surface area contributed by atoms with Gasteiger partial charge in [-0.2, -0.15) is 0 Å². The lowest BCUT2D eigenvalue weighted by molar-refractivity contribution is 0.0712. The lowest BCUT2D eigenvalue weighted by atomic mass is 10.0. The van der Waals surface area contributed by atoms with E-state index in [0.29, 0.717) is 19.1 Å². The van der Waals surface area contributed by atoms with E-state index in [9.17, 15) is 5.11 Å². The van der Waals surface area contributed by atoms with Gasteiger partial charge in [-0.3, -0.25) is 0 Å². The molecule has 1 N–H and O–H groups in total. The Morgan fingerprint density at radius 1 is 1.24 bits per heavy atom. The summed E-state index contributed by atoms with van der Waals surface area (Å²) in [6.07, 6.45) is -0.485. The maximum Gasteiger partial charge on any atom is 0.123 e. The van der Waals surface area contributed by atoms with Crippen molar-refractivity contribution in [1.29, 1.82) is 0 Å². The van der Waals surface area contributed by atoms with Crippen LogP contribution >= 0.6 is 11.6 Å². The number of hydrogen-bond acceptors (Lipinski definition) is 3. The van der Waals surface area contributed by atoms with Crippen LogP contribution in [0, 0.1) is 6.92 Å². The Bertz CT molecular complexity index is 445. The predicted molar refractivity (Wildman–Crippen MR) is 89.6 cm³/mol. The highest BCUT2D eigenvalue weighted by molar-refractivity contribution is 6.31. The van der Waals surface area contributed by atoms with E-state index in [-0.39, 0.29) is 0 Å². The first kappa shape index (κ1) is 18.3. The number of aliphatic hydroxyl groups is 1. The van der Waals surface area contributed by atoms with Gasteiger partial charge in [-0.15, -0.1) is 0 Å². The summed E-state index contributed by atoms with van der Waals surface area (Å²) >= 11 is 6.19. The standard InChI is InChI=1S/C17H28ClNO2/c1-6-19(7-2)10-14(20)11-21-17-8-13(5)16(18)9-15(17)12(3)4/h8-9,12,14,20H,6-7,10-11H2,1-5H3. The molecule has 0 heterocycles. The normalized spacial score (nSPS) is 13.0. The second kappa shape index (κ2) is 8.62. The third kappa shape index (κ3) is 5.50. The number of rotatable bonds is 8. The summed E-state index contributed by atoms with van der Waals surface area (Å²) in [4.78, 5) is 2.19. The molecule has 1 unspecified atom stereocenters. The van der Waals surface area contributed by atoms with E-state index >= 15 is 0 Å². The fourth-order valence-corrected chi connectivity index (χ4v) is 2.44. The molecule has 0 amide bonds. The van der Waals surface area contributed by atoms with Crippen LogP contribution in [0.15, 0.2) is 12.1 Å². The van der Waals surface area contributed by atoms with E-state index in [2.05, 4.69) is 32.6 Å². The van der Waals surface area contributed by atoms with E-state index in [1.807, 2.05) is 19.1 Å². The molecule has 0 aliphatic rings. The van der Waals surface area contributed by atoms with Crippen molar-refractivity contribution in [2.45, 2.75) is 46.6 Å². The Hall–Kier alpha value is -0.770. The van der Waals surface area contributed by atoms with Crippen molar-refractivity contribution in [2.24, 2.45) is 0 Å². The summed E-state index contributed by atoms with van der Waals surface area (Å²) in [6, 6.07) is 3.93. The Balaban J connectivity index is 2.72. The monoisotopic (exact) mass is 313 g/mol. The molecule has 1 atom stereocenters. The van der Waals surface area contributed by atoms with Gasteiger partial charge in [0.05, 0.1) is 0 Å². The molecule has 4 heteroatoms. The molecule has 0 aromatic heterocycles. The Kier molecular flexibility index (Phi) is 7.50. The van der Waals surface area contributed by atoms with Gasteiger partial charge in [-0.1, -0.05) is 39.3 Å². The lowest BCUT2D eigenvalue weighted by Crippen LogP contribution is -2.35. The summed E-state index contributed by atoms with van der Waals surface area (Å²) in [6.45, 7) is 13.2. The Labute approximate surface area is 133 Å². The van der Waals surface area contributed by atoms with Gasteiger partial charge in [-0.05, 0) is 49.2 Å². The van der Waals surface area contributed by atoms with Crippen LogP contribution in [0.3, 0.4) is 0 Å². The van der Waals surface area contributed by atoms with Crippen LogP contribution in [-0.2, 0) is 0 Å². The van der Waals surface area contributed by atoms with Crippen LogP contribution in [0.2, 0.25) is 5.02 Å². The highest BCUT2D eigenvalue weighted by Gasteiger charge is 2.14. The predicted octanol–water partition coefficient (Wildman–Crippen LogP) is 3.85. The number of ether oxygens (including phenoxy) is 1. The van der Waals surface area contributed by atoms with E-state index < -0.39 is 6.10 Å². The van der Waals surface area contributed by atoms with Crippen molar-refractivity contribution in [1.82, 2.24) is 4.90 Å². The van der Waals surface area contributed by atoms with E-state index in [4.69, 9.17) is 16.3 Å². The van der Waals surface area contributed by atoms with Gasteiger partial charge >= 0.3 is 0 Å². The average Bonchev–Trinajstić information content (AvgIpc) is 2.45. The molecule has 21 heavy (non-hydrogen) atoms. The SMILES string of the molecule is CCN(CC)CC(O)COc1cc(C)c(Cl)cc1C(C)C.